The van der Waals surface area contributed by atoms with Gasteiger partial charge in [-0.2, -0.15) is 0 Å². The highest BCUT2D eigenvalue weighted by Crippen LogP contribution is 2.17. The van der Waals surface area contributed by atoms with Crippen molar-refractivity contribution in [1.82, 2.24) is 4.98 Å². The van der Waals surface area contributed by atoms with Crippen LogP contribution in [0.25, 0.3) is 0 Å². The van der Waals surface area contributed by atoms with Crippen LogP contribution in [-0.4, -0.2) is 10.9 Å². The number of carbonyl (C=O) groups is 1. The van der Waals surface area contributed by atoms with Crippen molar-refractivity contribution in [1.29, 1.82) is 0 Å². The molecule has 3 N–H and O–H groups in total. The molecular weight excluding hydrogens is 233 g/mol. The minimum Gasteiger partial charge on any atom is -0.398 e. The maximum atomic E-state index is 12.9. The number of benzene rings is 1. The normalized spacial score (nSPS) is 10.1. The van der Waals surface area contributed by atoms with E-state index in [1.807, 2.05) is 0 Å². The van der Waals surface area contributed by atoms with E-state index in [0.717, 1.165) is 6.07 Å². The van der Waals surface area contributed by atoms with E-state index in [1.54, 1.807) is 25.3 Å². The molecule has 0 unspecified atom stereocenters. The van der Waals surface area contributed by atoms with Gasteiger partial charge in [0.2, 0.25) is 0 Å². The Hall–Kier alpha value is -2.43. The van der Waals surface area contributed by atoms with Gasteiger partial charge in [-0.05, 0) is 37.3 Å². The summed E-state index contributed by atoms with van der Waals surface area (Å²) in [5.74, 6) is -0.856. The van der Waals surface area contributed by atoms with Gasteiger partial charge in [0.15, 0.2) is 0 Å². The van der Waals surface area contributed by atoms with E-state index in [-0.39, 0.29) is 17.2 Å². The Labute approximate surface area is 104 Å². The van der Waals surface area contributed by atoms with Gasteiger partial charge in [-0.1, -0.05) is 0 Å². The third-order valence-electron chi connectivity index (χ3n) is 2.51. The summed E-state index contributed by atoms with van der Waals surface area (Å²) in [6.45, 7) is 1.78. The van der Waals surface area contributed by atoms with Gasteiger partial charge in [0.05, 0.1) is 16.9 Å². The molecule has 1 aromatic heterocycles. The smallest absolute Gasteiger partial charge is 0.257 e. The summed E-state index contributed by atoms with van der Waals surface area (Å²) in [5.41, 5.74) is 7.24. The fourth-order valence-electron chi connectivity index (χ4n) is 1.55. The van der Waals surface area contributed by atoms with E-state index in [4.69, 9.17) is 5.73 Å². The molecule has 0 aliphatic rings. The molecule has 0 saturated carbocycles. The molecule has 0 spiro atoms. The zero-order valence-corrected chi connectivity index (χ0v) is 9.77. The van der Waals surface area contributed by atoms with Crippen LogP contribution in [0.3, 0.4) is 0 Å². The Kier molecular flexibility index (Phi) is 3.23. The van der Waals surface area contributed by atoms with Crippen molar-refractivity contribution in [2.75, 3.05) is 11.1 Å². The zero-order valence-electron chi connectivity index (χ0n) is 9.77. The monoisotopic (exact) mass is 245 g/mol. The predicted molar refractivity (Wildman–Crippen MR) is 67.7 cm³/mol. The van der Waals surface area contributed by atoms with Crippen LogP contribution in [0.2, 0.25) is 0 Å². The molecule has 0 aliphatic carbocycles. The highest BCUT2D eigenvalue weighted by Gasteiger charge is 2.11. The topological polar surface area (TPSA) is 68.0 Å². The number of halogens is 1. The second kappa shape index (κ2) is 4.83. The fraction of sp³-hybridized carbons (Fsp3) is 0.0769. The summed E-state index contributed by atoms with van der Waals surface area (Å²) in [5, 5.41) is 2.68. The summed E-state index contributed by atoms with van der Waals surface area (Å²) in [7, 11) is 0. The van der Waals surface area contributed by atoms with Crippen molar-refractivity contribution in [3.8, 4) is 0 Å². The van der Waals surface area contributed by atoms with E-state index in [9.17, 15) is 9.18 Å². The number of rotatable bonds is 2. The molecule has 1 aromatic carbocycles. The number of nitrogens with zero attached hydrogens (tertiary/aromatic N) is 1. The summed E-state index contributed by atoms with van der Waals surface area (Å²) >= 11 is 0. The number of pyridine rings is 1. The highest BCUT2D eigenvalue weighted by atomic mass is 19.1. The molecule has 1 amide bonds. The lowest BCUT2D eigenvalue weighted by Gasteiger charge is -2.09. The van der Waals surface area contributed by atoms with Crippen LogP contribution in [0.5, 0.6) is 0 Å². The second-order valence-electron chi connectivity index (χ2n) is 3.82. The summed E-state index contributed by atoms with van der Waals surface area (Å²) < 4.78 is 12.9. The fourth-order valence-corrected chi connectivity index (χ4v) is 1.55. The molecule has 0 fully saturated rings. The van der Waals surface area contributed by atoms with Gasteiger partial charge < -0.3 is 11.1 Å². The number of amides is 1. The van der Waals surface area contributed by atoms with Gasteiger partial charge in [0.25, 0.3) is 5.91 Å². The van der Waals surface area contributed by atoms with Crippen molar-refractivity contribution in [3.63, 3.8) is 0 Å². The molecular formula is C13H12FN3O. The Morgan fingerprint density at radius 3 is 2.83 bits per heavy atom. The average molecular weight is 245 g/mol. The van der Waals surface area contributed by atoms with Crippen LogP contribution >= 0.6 is 0 Å². The molecule has 0 bridgehead atoms. The van der Waals surface area contributed by atoms with Crippen molar-refractivity contribution in [2.24, 2.45) is 0 Å². The number of anilines is 2. The maximum Gasteiger partial charge on any atom is 0.257 e. The minimum absolute atomic E-state index is 0.106. The standard InChI is InChI=1S/C13H12FN3O/c1-8-12(3-2-6-16-8)17-13(18)10-5-4-9(14)7-11(10)15/h2-7H,15H2,1H3,(H,17,18). The number of hydrogen-bond acceptors (Lipinski definition) is 3. The van der Waals surface area contributed by atoms with Crippen LogP contribution in [0, 0.1) is 12.7 Å². The van der Waals surface area contributed by atoms with Crippen LogP contribution in [0.15, 0.2) is 36.5 Å². The van der Waals surface area contributed by atoms with Crippen molar-refractivity contribution >= 4 is 17.3 Å². The van der Waals surface area contributed by atoms with Crippen molar-refractivity contribution < 1.29 is 9.18 Å². The van der Waals surface area contributed by atoms with E-state index < -0.39 is 5.82 Å². The van der Waals surface area contributed by atoms with Gasteiger partial charge in [-0.25, -0.2) is 4.39 Å². The molecule has 0 saturated heterocycles. The first-order valence-corrected chi connectivity index (χ1v) is 5.36. The third-order valence-corrected chi connectivity index (χ3v) is 2.51. The molecule has 5 heteroatoms. The first kappa shape index (κ1) is 12.0. The van der Waals surface area contributed by atoms with Gasteiger partial charge >= 0.3 is 0 Å². The summed E-state index contributed by atoms with van der Waals surface area (Å²) in [4.78, 5) is 16.0. The molecule has 0 radical (unpaired) electrons. The minimum atomic E-state index is -0.471. The lowest BCUT2D eigenvalue weighted by Crippen LogP contribution is -2.15. The predicted octanol–water partition coefficient (Wildman–Crippen LogP) is 2.36. The van der Waals surface area contributed by atoms with Crippen LogP contribution in [-0.2, 0) is 0 Å². The second-order valence-corrected chi connectivity index (χ2v) is 3.82. The number of carbonyl (C=O) groups excluding carboxylic acids is 1. The van der Waals surface area contributed by atoms with Crippen molar-refractivity contribution in [3.05, 3.63) is 53.6 Å². The molecule has 92 valence electrons. The molecule has 0 aliphatic heterocycles. The number of nitrogen functional groups attached to an aromatic ring is 1. The van der Waals surface area contributed by atoms with Gasteiger partial charge in [0.1, 0.15) is 5.82 Å². The number of nitrogens with one attached hydrogen (secondary N) is 1. The number of aromatic nitrogens is 1. The SMILES string of the molecule is Cc1ncccc1NC(=O)c1ccc(F)cc1N. The highest BCUT2D eigenvalue weighted by molar-refractivity contribution is 6.07. The number of hydrogen-bond donors (Lipinski definition) is 2. The largest absolute Gasteiger partial charge is 0.398 e. The molecule has 18 heavy (non-hydrogen) atoms. The maximum absolute atomic E-state index is 12.9. The lowest BCUT2D eigenvalue weighted by molar-refractivity contribution is 0.102. The van der Waals surface area contributed by atoms with Gasteiger partial charge in [-0.15, -0.1) is 0 Å². The third kappa shape index (κ3) is 2.45. The number of nitrogens with two attached hydrogens (primary N) is 1. The van der Waals surface area contributed by atoms with Crippen molar-refractivity contribution in [2.45, 2.75) is 6.92 Å². The van der Waals surface area contributed by atoms with Crippen LogP contribution < -0.4 is 11.1 Å². The van der Waals surface area contributed by atoms with E-state index >= 15 is 0 Å². The Bertz CT molecular complexity index is 599. The van der Waals surface area contributed by atoms with Gasteiger partial charge in [-0.3, -0.25) is 9.78 Å². The first-order valence-electron chi connectivity index (χ1n) is 5.36. The Morgan fingerprint density at radius 1 is 1.39 bits per heavy atom. The quantitative estimate of drug-likeness (QED) is 0.798. The lowest BCUT2D eigenvalue weighted by atomic mass is 10.1. The van der Waals surface area contributed by atoms with Gasteiger partial charge in [0, 0.05) is 11.9 Å². The molecule has 2 rings (SSSR count). The van der Waals surface area contributed by atoms with E-state index in [1.165, 1.54) is 12.1 Å². The average Bonchev–Trinajstić information content (AvgIpc) is 2.32. The molecule has 1 heterocycles. The molecule has 4 nitrogen and oxygen atoms in total. The Balaban J connectivity index is 2.25. The molecule has 2 aromatic rings. The first-order chi connectivity index (χ1) is 8.58. The summed E-state index contributed by atoms with van der Waals surface area (Å²) in [6, 6.07) is 7.12. The Morgan fingerprint density at radius 2 is 2.17 bits per heavy atom. The summed E-state index contributed by atoms with van der Waals surface area (Å²) in [6.07, 6.45) is 1.64. The van der Waals surface area contributed by atoms with Crippen LogP contribution in [0.1, 0.15) is 16.1 Å². The van der Waals surface area contributed by atoms with Crippen LogP contribution in [0.4, 0.5) is 15.8 Å². The van der Waals surface area contributed by atoms with E-state index in [2.05, 4.69) is 10.3 Å². The molecule has 0 atom stereocenters. The number of aryl methyl sites for hydroxylation is 1. The zero-order chi connectivity index (χ0) is 13.1. The van der Waals surface area contributed by atoms with E-state index in [0.29, 0.717) is 11.4 Å².